The van der Waals surface area contributed by atoms with Gasteiger partial charge in [0.25, 0.3) is 0 Å². The molecule has 0 unspecified atom stereocenters. The van der Waals surface area contributed by atoms with E-state index in [-0.39, 0.29) is 36.7 Å². The molecule has 33 heavy (non-hydrogen) atoms. The molecule has 1 amide bonds. The van der Waals surface area contributed by atoms with Crippen molar-refractivity contribution in [2.45, 2.75) is 116 Å². The van der Waals surface area contributed by atoms with E-state index in [4.69, 9.17) is 11.5 Å². The Hall–Kier alpha value is -1.47. The summed E-state index contributed by atoms with van der Waals surface area (Å²) in [6.45, 7) is 2.61. The summed E-state index contributed by atoms with van der Waals surface area (Å²) in [6, 6.07) is -0.884. The van der Waals surface area contributed by atoms with Crippen LogP contribution in [0.1, 0.15) is 110 Å². The van der Waals surface area contributed by atoms with Crippen LogP contribution in [0.15, 0.2) is 17.1 Å². The highest BCUT2D eigenvalue weighted by atomic mass is 35.5. The Morgan fingerprint density at radius 3 is 1.88 bits per heavy atom. The number of carboxylic acids is 1. The van der Waals surface area contributed by atoms with Gasteiger partial charge in [0, 0.05) is 13.0 Å². The average Bonchev–Trinajstić information content (AvgIpc) is 2.72. The molecule has 0 spiro atoms. The first-order valence-electron chi connectivity index (χ1n) is 12.2. The average molecular weight is 512 g/mol. The zero-order valence-electron chi connectivity index (χ0n) is 20.4. The first kappa shape index (κ1) is 36.1. The minimum atomic E-state index is -1.03. The van der Waals surface area contributed by atoms with Gasteiger partial charge in [-0.05, 0) is 44.9 Å². The van der Waals surface area contributed by atoms with Crippen molar-refractivity contribution < 1.29 is 14.7 Å². The van der Waals surface area contributed by atoms with Gasteiger partial charge in [0.2, 0.25) is 5.91 Å². The van der Waals surface area contributed by atoms with Gasteiger partial charge in [0.05, 0.1) is 0 Å². The Morgan fingerprint density at radius 2 is 1.36 bits per heavy atom. The van der Waals surface area contributed by atoms with Crippen molar-refractivity contribution in [3.05, 3.63) is 12.2 Å². The summed E-state index contributed by atoms with van der Waals surface area (Å²) in [5.74, 6) is -1.24. The number of carbonyl (C=O) groups excluding carboxylic acids is 1. The van der Waals surface area contributed by atoms with E-state index in [1.54, 1.807) is 0 Å². The largest absolute Gasteiger partial charge is 0.480 e. The summed E-state index contributed by atoms with van der Waals surface area (Å²) in [4.78, 5) is 27.1. The summed E-state index contributed by atoms with van der Waals surface area (Å²) in [7, 11) is 0. The van der Waals surface area contributed by atoms with Crippen molar-refractivity contribution >= 4 is 42.7 Å². The molecule has 0 radical (unpaired) electrons. The van der Waals surface area contributed by atoms with Gasteiger partial charge < -0.3 is 21.9 Å². The molecular weight excluding hydrogens is 463 g/mol. The number of halogens is 2. The minimum absolute atomic E-state index is 0. The van der Waals surface area contributed by atoms with Crippen LogP contribution in [0, 0.1) is 0 Å². The van der Waals surface area contributed by atoms with E-state index < -0.39 is 12.0 Å². The molecule has 0 aromatic rings. The number of hydrogen-bond acceptors (Lipinski definition) is 3. The zero-order chi connectivity index (χ0) is 23.2. The topological polar surface area (TPSA) is 131 Å². The first-order valence-corrected chi connectivity index (χ1v) is 12.2. The predicted molar refractivity (Wildman–Crippen MR) is 143 cm³/mol. The van der Waals surface area contributed by atoms with E-state index in [1.165, 1.54) is 57.8 Å². The summed E-state index contributed by atoms with van der Waals surface area (Å²) in [6.07, 6.45) is 21.5. The third kappa shape index (κ3) is 26.7. The van der Waals surface area contributed by atoms with Crippen LogP contribution in [0.25, 0.3) is 0 Å². The van der Waals surface area contributed by atoms with Crippen LogP contribution in [-0.2, 0) is 9.59 Å². The first-order chi connectivity index (χ1) is 15.0. The Balaban J connectivity index is -0.00000450. The van der Waals surface area contributed by atoms with Crippen molar-refractivity contribution in [1.29, 1.82) is 0 Å². The highest BCUT2D eigenvalue weighted by molar-refractivity contribution is 5.85. The Bertz CT molecular complexity index is 528. The maximum atomic E-state index is 12.0. The quantitative estimate of drug-likeness (QED) is 0.0700. The van der Waals surface area contributed by atoms with Crippen LogP contribution in [0.4, 0.5) is 0 Å². The fraction of sp³-hybridized carbons (Fsp3) is 0.792. The number of rotatable bonds is 21. The number of guanidine groups is 1. The molecule has 0 fully saturated rings. The fourth-order valence-electron chi connectivity index (χ4n) is 3.38. The number of aliphatic carboxylic acids is 1. The second kappa shape index (κ2) is 26.8. The van der Waals surface area contributed by atoms with Crippen molar-refractivity contribution in [3.63, 3.8) is 0 Å². The minimum Gasteiger partial charge on any atom is -0.480 e. The van der Waals surface area contributed by atoms with Crippen LogP contribution in [0.3, 0.4) is 0 Å². The molecule has 0 bridgehead atoms. The van der Waals surface area contributed by atoms with Crippen molar-refractivity contribution in [2.24, 2.45) is 16.5 Å². The molecule has 0 aliphatic rings. The number of hydrogen-bond donors (Lipinski definition) is 4. The third-order valence-corrected chi connectivity index (χ3v) is 5.24. The van der Waals surface area contributed by atoms with Gasteiger partial charge in [-0.1, -0.05) is 70.4 Å². The van der Waals surface area contributed by atoms with Gasteiger partial charge in [-0.3, -0.25) is 9.79 Å². The van der Waals surface area contributed by atoms with E-state index >= 15 is 0 Å². The third-order valence-electron chi connectivity index (χ3n) is 5.24. The summed E-state index contributed by atoms with van der Waals surface area (Å²) >= 11 is 0. The maximum absolute atomic E-state index is 12.0. The lowest BCUT2D eigenvalue weighted by Gasteiger charge is -2.14. The highest BCUT2D eigenvalue weighted by Gasteiger charge is 2.18. The number of unbranched alkanes of at least 4 members (excludes halogenated alkanes) is 11. The second-order valence-corrected chi connectivity index (χ2v) is 8.24. The molecule has 0 heterocycles. The van der Waals surface area contributed by atoms with Gasteiger partial charge in [-0.25, -0.2) is 4.79 Å². The van der Waals surface area contributed by atoms with Crippen LogP contribution in [0.5, 0.6) is 0 Å². The van der Waals surface area contributed by atoms with Crippen LogP contribution in [0.2, 0.25) is 0 Å². The summed E-state index contributed by atoms with van der Waals surface area (Å²) < 4.78 is 0. The van der Waals surface area contributed by atoms with Crippen molar-refractivity contribution in [3.8, 4) is 0 Å². The number of nitrogens with two attached hydrogens (primary N) is 2. The smallest absolute Gasteiger partial charge is 0.326 e. The summed E-state index contributed by atoms with van der Waals surface area (Å²) in [5.41, 5.74) is 10.5. The van der Waals surface area contributed by atoms with Gasteiger partial charge in [-0.15, -0.1) is 24.8 Å². The molecule has 0 aromatic heterocycles. The monoisotopic (exact) mass is 510 g/mol. The molecule has 0 aliphatic carbocycles. The molecule has 1 atom stereocenters. The van der Waals surface area contributed by atoms with E-state index in [0.29, 0.717) is 25.8 Å². The number of nitrogens with zero attached hydrogens (tertiary/aromatic N) is 1. The van der Waals surface area contributed by atoms with Crippen molar-refractivity contribution in [2.75, 3.05) is 6.54 Å². The normalized spacial score (nSPS) is 11.3. The van der Waals surface area contributed by atoms with Gasteiger partial charge >= 0.3 is 5.97 Å². The van der Waals surface area contributed by atoms with Gasteiger partial charge in [0.15, 0.2) is 5.96 Å². The number of nitrogens with one attached hydrogen (secondary N) is 1. The molecule has 0 rings (SSSR count). The van der Waals surface area contributed by atoms with Crippen LogP contribution < -0.4 is 16.8 Å². The van der Waals surface area contributed by atoms with Crippen LogP contribution >= 0.6 is 24.8 Å². The fourth-order valence-corrected chi connectivity index (χ4v) is 3.38. The molecule has 6 N–H and O–H groups in total. The van der Waals surface area contributed by atoms with Crippen LogP contribution in [-0.4, -0.2) is 35.5 Å². The lowest BCUT2D eigenvalue weighted by molar-refractivity contribution is -0.142. The Kier molecular flexibility index (Phi) is 29.3. The number of carboxylic acid groups (broad SMARTS) is 1. The molecule has 196 valence electrons. The number of aliphatic imine (C=N–C) groups is 1. The predicted octanol–water partition coefficient (Wildman–Crippen LogP) is 5.49. The lowest BCUT2D eigenvalue weighted by Crippen LogP contribution is -2.40. The molecule has 0 saturated heterocycles. The molecule has 0 aliphatic heterocycles. The number of carbonyl (C=O) groups is 2. The number of amides is 1. The molecule has 0 saturated carbocycles. The number of allylic oxidation sites excluding steroid dienone is 2. The Labute approximate surface area is 213 Å². The van der Waals surface area contributed by atoms with E-state index in [2.05, 4.69) is 29.4 Å². The molecular formula is C24H48Cl2N4O3. The maximum Gasteiger partial charge on any atom is 0.326 e. The molecule has 7 nitrogen and oxygen atoms in total. The highest BCUT2D eigenvalue weighted by Crippen LogP contribution is 2.10. The van der Waals surface area contributed by atoms with E-state index in [0.717, 1.165) is 25.7 Å². The SMILES string of the molecule is CCCCCCCC/C=C\CCCCCCCC(=O)N[C@H](CCCN=C(N)N)C(=O)O.Cl.Cl. The Morgan fingerprint density at radius 1 is 0.848 bits per heavy atom. The standard InChI is InChI=1S/C24H46N4O3.2ClH/c1-2-3-4-5-6-7-8-9-10-11-12-13-14-15-16-19-22(29)28-21(23(30)31)18-17-20-27-24(25)26;;/h9-10,21H,2-8,11-20H2,1H3,(H,28,29)(H,30,31)(H4,25,26,27);2*1H/b10-9-;;/t21-;;/m1../s1. The van der Waals surface area contributed by atoms with E-state index in [9.17, 15) is 14.7 Å². The van der Waals surface area contributed by atoms with Crippen molar-refractivity contribution in [1.82, 2.24) is 5.32 Å². The summed E-state index contributed by atoms with van der Waals surface area (Å²) in [5, 5.41) is 11.8. The molecule has 0 aromatic carbocycles. The van der Waals surface area contributed by atoms with Gasteiger partial charge in [-0.2, -0.15) is 0 Å². The molecule has 9 heteroatoms. The second-order valence-electron chi connectivity index (χ2n) is 8.24. The lowest BCUT2D eigenvalue weighted by atomic mass is 10.1. The van der Waals surface area contributed by atoms with Gasteiger partial charge in [0.1, 0.15) is 6.04 Å². The van der Waals surface area contributed by atoms with E-state index in [1.807, 2.05) is 0 Å². The zero-order valence-corrected chi connectivity index (χ0v) is 22.1.